The van der Waals surface area contributed by atoms with Crippen LogP contribution in [0, 0.1) is 0 Å². The van der Waals surface area contributed by atoms with Crippen molar-refractivity contribution in [2.75, 3.05) is 6.61 Å². The number of hydrogen-bond donors (Lipinski definition) is 0. The number of azide groups is 1. The van der Waals surface area contributed by atoms with Crippen LogP contribution in [0.25, 0.3) is 10.4 Å². The molecule has 1 saturated carbocycles. The Morgan fingerprint density at radius 1 is 0.435 bits per heavy atom. The molecule has 6 aromatic rings. The highest BCUT2D eigenvalue weighted by Gasteiger charge is 2.62. The van der Waals surface area contributed by atoms with Gasteiger partial charge in [-0.2, -0.15) is 0 Å². The Labute approximate surface area is 401 Å². The van der Waals surface area contributed by atoms with Gasteiger partial charge in [-0.15, -0.1) is 0 Å². The zero-order valence-electron chi connectivity index (χ0n) is 38.0. The van der Waals surface area contributed by atoms with Crippen molar-refractivity contribution in [2.45, 2.75) is 107 Å². The average molecular weight is 934 g/mol. The van der Waals surface area contributed by atoms with Crippen LogP contribution in [0.3, 0.4) is 0 Å². The van der Waals surface area contributed by atoms with Gasteiger partial charge in [0.15, 0.2) is 18.5 Å². The monoisotopic (exact) mass is 933 g/mol. The SMILES string of the molecule is [N-]=[N+]=NC1[C@H](O[C@@H]2C3OC(=O)O[C@@H]3C(OCc3ccccc3)C(OCc3ccccc3)[C@@H]2OCc2ccccc2)OC(COCc2ccccc2)[C@@H](OCc2ccccc2)[C@H]1OCc1ccccc1. The molecule has 69 heavy (non-hydrogen) atoms. The van der Waals surface area contributed by atoms with Gasteiger partial charge in [0.05, 0.1) is 46.2 Å². The molecule has 2 aliphatic heterocycles. The zero-order valence-corrected chi connectivity index (χ0v) is 38.0. The van der Waals surface area contributed by atoms with Gasteiger partial charge in [-0.05, 0) is 38.9 Å². The second-order valence-corrected chi connectivity index (χ2v) is 17.1. The van der Waals surface area contributed by atoms with Crippen LogP contribution in [0.4, 0.5) is 4.79 Å². The topological polar surface area (TPSA) is 158 Å². The van der Waals surface area contributed by atoms with Crippen LogP contribution >= 0.6 is 0 Å². The molecule has 14 heteroatoms. The second kappa shape index (κ2) is 24.2. The first-order valence-electron chi connectivity index (χ1n) is 23.2. The lowest BCUT2D eigenvalue weighted by Gasteiger charge is -2.49. The van der Waals surface area contributed by atoms with Crippen molar-refractivity contribution in [3.63, 3.8) is 0 Å². The number of hydrogen-bond acceptors (Lipinski definition) is 12. The quantitative estimate of drug-likeness (QED) is 0.0276. The maximum Gasteiger partial charge on any atom is 0.509 e. The molecule has 5 unspecified atom stereocenters. The first kappa shape index (κ1) is 47.6. The molecule has 0 aromatic heterocycles. The lowest BCUT2D eigenvalue weighted by Crippen LogP contribution is -2.68. The highest BCUT2D eigenvalue weighted by atomic mass is 16.8. The highest BCUT2D eigenvalue weighted by molar-refractivity contribution is 5.63. The van der Waals surface area contributed by atoms with Crippen molar-refractivity contribution >= 4 is 6.16 Å². The summed E-state index contributed by atoms with van der Waals surface area (Å²) in [6.45, 7) is 1.15. The van der Waals surface area contributed by atoms with Gasteiger partial charge in [-0.25, -0.2) is 4.79 Å². The summed E-state index contributed by atoms with van der Waals surface area (Å²) >= 11 is 0. The van der Waals surface area contributed by atoms with E-state index in [9.17, 15) is 10.3 Å². The molecule has 14 nitrogen and oxygen atoms in total. The van der Waals surface area contributed by atoms with Crippen molar-refractivity contribution in [1.82, 2.24) is 0 Å². The van der Waals surface area contributed by atoms with Crippen molar-refractivity contribution < 1.29 is 52.2 Å². The molecule has 2 heterocycles. The first-order chi connectivity index (χ1) is 34.1. The molecule has 6 aromatic carbocycles. The number of rotatable bonds is 22. The fraction of sp³-hybridized carbons (Fsp3) is 0.327. The van der Waals surface area contributed by atoms with E-state index in [2.05, 4.69) is 10.0 Å². The predicted octanol–water partition coefficient (Wildman–Crippen LogP) is 9.84. The van der Waals surface area contributed by atoms with E-state index < -0.39 is 73.4 Å². The predicted molar refractivity (Wildman–Crippen MR) is 253 cm³/mol. The Bertz CT molecular complexity index is 2510. The minimum absolute atomic E-state index is 0.0450. The van der Waals surface area contributed by atoms with Crippen LogP contribution in [-0.2, 0) is 87.0 Å². The maximum absolute atomic E-state index is 13.4. The Morgan fingerprint density at radius 3 is 1.20 bits per heavy atom. The van der Waals surface area contributed by atoms with E-state index in [1.165, 1.54) is 0 Å². The van der Waals surface area contributed by atoms with Crippen molar-refractivity contribution in [2.24, 2.45) is 5.11 Å². The third-order valence-electron chi connectivity index (χ3n) is 12.3. The molecule has 356 valence electrons. The summed E-state index contributed by atoms with van der Waals surface area (Å²) in [5, 5.41) is 4.33. The maximum atomic E-state index is 13.4. The fourth-order valence-electron chi connectivity index (χ4n) is 8.93. The van der Waals surface area contributed by atoms with Gasteiger partial charge in [0.2, 0.25) is 0 Å². The summed E-state index contributed by atoms with van der Waals surface area (Å²) in [4.78, 5) is 16.7. The molecule has 11 atom stereocenters. The molecule has 1 aliphatic carbocycles. The first-order valence-corrected chi connectivity index (χ1v) is 23.2. The average Bonchev–Trinajstić information content (AvgIpc) is 3.80. The van der Waals surface area contributed by atoms with Gasteiger partial charge in [-0.3, -0.25) is 0 Å². The molecule has 3 aliphatic rings. The van der Waals surface area contributed by atoms with E-state index in [4.69, 9.17) is 47.4 Å². The summed E-state index contributed by atoms with van der Waals surface area (Å²) in [6, 6.07) is 57.2. The second-order valence-electron chi connectivity index (χ2n) is 17.1. The third kappa shape index (κ3) is 12.6. The molecular formula is C55H55N3O11. The Morgan fingerprint density at radius 2 is 0.783 bits per heavy atom. The summed E-state index contributed by atoms with van der Waals surface area (Å²) in [5.41, 5.74) is 15.8. The summed E-state index contributed by atoms with van der Waals surface area (Å²) < 4.78 is 66.5. The van der Waals surface area contributed by atoms with E-state index in [-0.39, 0.29) is 46.2 Å². The van der Waals surface area contributed by atoms with Gasteiger partial charge in [-0.1, -0.05) is 187 Å². The van der Waals surface area contributed by atoms with E-state index in [0.29, 0.717) is 0 Å². The minimum atomic E-state index is -1.33. The Kier molecular flexibility index (Phi) is 16.7. The van der Waals surface area contributed by atoms with Crippen LogP contribution in [0.15, 0.2) is 187 Å². The third-order valence-corrected chi connectivity index (χ3v) is 12.3. The zero-order chi connectivity index (χ0) is 47.0. The van der Waals surface area contributed by atoms with Crippen LogP contribution in [0.5, 0.6) is 0 Å². The molecule has 0 bridgehead atoms. The minimum Gasteiger partial charge on any atom is -0.424 e. The van der Waals surface area contributed by atoms with Gasteiger partial charge in [0, 0.05) is 4.91 Å². The molecular weight excluding hydrogens is 879 g/mol. The molecule has 0 amide bonds. The summed E-state index contributed by atoms with van der Waals surface area (Å²) in [6.07, 6.45) is -10.8. The largest absolute Gasteiger partial charge is 0.509 e. The molecule has 3 fully saturated rings. The van der Waals surface area contributed by atoms with E-state index in [1.54, 1.807) is 0 Å². The van der Waals surface area contributed by atoms with Crippen LogP contribution in [0.1, 0.15) is 33.4 Å². The van der Waals surface area contributed by atoms with Gasteiger partial charge in [0.1, 0.15) is 48.8 Å². The van der Waals surface area contributed by atoms with Gasteiger partial charge < -0.3 is 47.4 Å². The number of carbonyl (C=O) groups is 1. The van der Waals surface area contributed by atoms with Gasteiger partial charge >= 0.3 is 6.16 Å². The van der Waals surface area contributed by atoms with Crippen molar-refractivity contribution in [3.8, 4) is 0 Å². The Balaban J connectivity index is 1.09. The lowest BCUT2D eigenvalue weighted by molar-refractivity contribution is -0.327. The van der Waals surface area contributed by atoms with Crippen LogP contribution in [0.2, 0.25) is 0 Å². The fourth-order valence-corrected chi connectivity index (χ4v) is 8.93. The van der Waals surface area contributed by atoms with Gasteiger partial charge in [0.25, 0.3) is 0 Å². The standard InChI is InChI=1S/C55H55N3O11/c56-58-57-45-47(62-33-40-23-11-3-12-24-40)46(61-32-39-21-9-2-10-22-39)44(37-60-31-38-19-7-1-8-20-38)66-54(45)67-51-49(64-35-42-27-15-5-16-28-42)48(63-34-41-25-13-4-14-26-41)50(52-53(51)69-55(59)68-52)65-36-43-29-17-6-18-30-43/h1-30,44-54H,31-37H2/t44?,45?,46-,47+,48?,49+,50?,51+,52-,53?,54+/m1/s1. The van der Waals surface area contributed by atoms with E-state index >= 15 is 0 Å². The number of carbonyl (C=O) groups excluding carboxylic acids is 1. The highest BCUT2D eigenvalue weighted by Crippen LogP contribution is 2.41. The Hall–Kier alpha value is -6.42. The summed E-state index contributed by atoms with van der Waals surface area (Å²) in [5.74, 6) is 0. The van der Waals surface area contributed by atoms with E-state index in [0.717, 1.165) is 33.4 Å². The molecule has 0 N–H and O–H groups in total. The van der Waals surface area contributed by atoms with Crippen molar-refractivity contribution in [1.29, 1.82) is 0 Å². The van der Waals surface area contributed by atoms with Crippen LogP contribution in [-0.4, -0.2) is 80.0 Å². The number of fused-ring (bicyclic) bond motifs is 1. The molecule has 9 rings (SSSR count). The lowest BCUT2D eigenvalue weighted by atomic mass is 9.83. The normalized spacial score (nSPS) is 26.3. The molecule has 2 saturated heterocycles. The summed E-state index contributed by atoms with van der Waals surface area (Å²) in [7, 11) is 0. The van der Waals surface area contributed by atoms with Crippen molar-refractivity contribution in [3.05, 3.63) is 226 Å². The smallest absolute Gasteiger partial charge is 0.424 e. The number of benzene rings is 6. The number of ether oxygens (including phenoxy) is 10. The number of nitrogens with zero attached hydrogens (tertiary/aromatic N) is 3. The van der Waals surface area contributed by atoms with E-state index in [1.807, 2.05) is 182 Å². The molecule has 0 radical (unpaired) electrons. The molecule has 0 spiro atoms. The van der Waals surface area contributed by atoms with Crippen LogP contribution < -0.4 is 0 Å².